The minimum absolute atomic E-state index is 0.119. The van der Waals surface area contributed by atoms with E-state index in [1.165, 1.54) is 4.90 Å². The third-order valence-electron chi connectivity index (χ3n) is 4.73. The Morgan fingerprint density at radius 3 is 2.40 bits per heavy atom. The van der Waals surface area contributed by atoms with Crippen molar-refractivity contribution in [1.82, 2.24) is 10.3 Å². The van der Waals surface area contributed by atoms with E-state index in [1.54, 1.807) is 26.2 Å². The molecule has 30 heavy (non-hydrogen) atoms. The van der Waals surface area contributed by atoms with Gasteiger partial charge in [0.15, 0.2) is 5.03 Å². The number of hydrogen-bond donors (Lipinski definition) is 4. The Morgan fingerprint density at radius 1 is 1.30 bits per heavy atom. The Morgan fingerprint density at radius 2 is 1.90 bits per heavy atom. The molecular weight excluding hydrogens is 396 g/mol. The minimum atomic E-state index is -0.911. The summed E-state index contributed by atoms with van der Waals surface area (Å²) in [6, 6.07) is -0.911. The molecule has 0 unspecified atom stereocenters. The number of nitro groups is 1. The number of hydrogen-bond acceptors (Lipinski definition) is 7. The van der Waals surface area contributed by atoms with Crippen LogP contribution in [0.1, 0.15) is 59.3 Å². The van der Waals surface area contributed by atoms with Gasteiger partial charge in [0.05, 0.1) is 6.10 Å². The van der Waals surface area contributed by atoms with Crippen LogP contribution in [0.4, 0.5) is 4.79 Å². The molecule has 172 valence electrons. The molecule has 0 saturated heterocycles. The first-order chi connectivity index (χ1) is 13.9. The first kappa shape index (κ1) is 25.4. The molecule has 1 atom stereocenters. The van der Waals surface area contributed by atoms with E-state index >= 15 is 0 Å². The third kappa shape index (κ3) is 9.72. The summed E-state index contributed by atoms with van der Waals surface area (Å²) in [5.41, 5.74) is 11.9. The second-order valence-electron chi connectivity index (χ2n) is 8.50. The zero-order valence-electron chi connectivity index (χ0n) is 17.9. The molecule has 0 spiro atoms. The van der Waals surface area contributed by atoms with E-state index in [0.717, 1.165) is 12.8 Å². The standard InChI is InChI=1S/C18H34N6O6/c1-18(2,3)30-17(27)23(11-12-6-8-13(25)9-7-12)14(15(19)26)5-4-10-21-16(20)22-24(28)29/h12-14,25H,4-11H2,1-3H3,(H2,19,26)(H3,20,21,22)/t12?,13?,14-/m1/s1. The molecule has 1 saturated carbocycles. The highest BCUT2D eigenvalue weighted by Gasteiger charge is 2.34. The normalized spacial score (nSPS) is 20.9. The highest BCUT2D eigenvalue weighted by molar-refractivity contribution is 5.84. The second kappa shape index (κ2) is 11.5. The lowest BCUT2D eigenvalue weighted by Crippen LogP contribution is -2.51. The Kier molecular flexibility index (Phi) is 9.76. The minimum Gasteiger partial charge on any atom is -0.444 e. The van der Waals surface area contributed by atoms with Crippen LogP contribution in [0.5, 0.6) is 0 Å². The molecule has 1 fully saturated rings. The van der Waals surface area contributed by atoms with Crippen molar-refractivity contribution in [3.8, 4) is 0 Å². The van der Waals surface area contributed by atoms with Gasteiger partial charge in [-0.15, -0.1) is 0 Å². The average molecular weight is 431 g/mol. The lowest BCUT2D eigenvalue weighted by molar-refractivity contribution is -0.525. The molecule has 0 aromatic rings. The van der Waals surface area contributed by atoms with Gasteiger partial charge in [-0.25, -0.2) is 19.9 Å². The average Bonchev–Trinajstić information content (AvgIpc) is 2.59. The monoisotopic (exact) mass is 430 g/mol. The van der Waals surface area contributed by atoms with Gasteiger partial charge in [-0.2, -0.15) is 0 Å². The van der Waals surface area contributed by atoms with E-state index in [9.17, 15) is 24.8 Å². The van der Waals surface area contributed by atoms with E-state index in [4.69, 9.17) is 16.2 Å². The Bertz CT molecular complexity index is 627. The fourth-order valence-electron chi connectivity index (χ4n) is 3.32. The summed E-state index contributed by atoms with van der Waals surface area (Å²) in [5.74, 6) is -0.891. The quantitative estimate of drug-likeness (QED) is 0.134. The van der Waals surface area contributed by atoms with Gasteiger partial charge in [0.2, 0.25) is 5.91 Å². The second-order valence-corrected chi connectivity index (χ2v) is 8.50. The van der Waals surface area contributed by atoms with Crippen molar-refractivity contribution in [2.75, 3.05) is 13.1 Å². The van der Waals surface area contributed by atoms with Gasteiger partial charge in [-0.1, -0.05) is 5.43 Å². The number of aliphatic hydroxyl groups excluding tert-OH is 1. The molecular formula is C18H34N6O6. The lowest BCUT2D eigenvalue weighted by atomic mass is 9.87. The van der Waals surface area contributed by atoms with Crippen LogP contribution in [-0.4, -0.2) is 63.8 Å². The number of nitrogens with zero attached hydrogens (tertiary/aromatic N) is 3. The number of guanidine groups is 1. The number of nitrogens with two attached hydrogens (primary N) is 2. The third-order valence-corrected chi connectivity index (χ3v) is 4.73. The first-order valence-electron chi connectivity index (χ1n) is 10.1. The zero-order chi connectivity index (χ0) is 22.9. The van der Waals surface area contributed by atoms with Gasteiger partial charge in [-0.3, -0.25) is 9.69 Å². The van der Waals surface area contributed by atoms with Gasteiger partial charge in [0.25, 0.3) is 5.96 Å². The van der Waals surface area contributed by atoms with Gasteiger partial charge in [-0.05, 0) is 65.2 Å². The Labute approximate surface area is 176 Å². The molecule has 12 nitrogen and oxygen atoms in total. The fraction of sp³-hybridized carbons (Fsp3) is 0.833. The number of hydrazine groups is 1. The van der Waals surface area contributed by atoms with Crippen LogP contribution >= 0.6 is 0 Å². The summed E-state index contributed by atoms with van der Waals surface area (Å²) < 4.78 is 5.48. The number of aliphatic hydroxyl groups is 1. The van der Waals surface area contributed by atoms with Crippen LogP contribution < -0.4 is 16.9 Å². The number of primary amides is 1. The zero-order valence-corrected chi connectivity index (χ0v) is 17.9. The van der Waals surface area contributed by atoms with Crippen LogP contribution in [0, 0.1) is 16.0 Å². The van der Waals surface area contributed by atoms with Gasteiger partial charge in [0, 0.05) is 13.1 Å². The van der Waals surface area contributed by atoms with Crippen LogP contribution in [0.15, 0.2) is 4.99 Å². The molecule has 0 aliphatic heterocycles. The number of carbonyl (C=O) groups excluding carboxylic acids is 2. The maximum absolute atomic E-state index is 12.8. The van der Waals surface area contributed by atoms with Crippen LogP contribution in [-0.2, 0) is 9.53 Å². The number of rotatable bonds is 9. The highest BCUT2D eigenvalue weighted by Crippen LogP contribution is 2.27. The molecule has 0 aromatic heterocycles. The summed E-state index contributed by atoms with van der Waals surface area (Å²) >= 11 is 0. The van der Waals surface area contributed by atoms with Crippen molar-refractivity contribution < 1.29 is 24.5 Å². The van der Waals surface area contributed by atoms with E-state index in [-0.39, 0.29) is 30.9 Å². The number of amides is 2. The van der Waals surface area contributed by atoms with Crippen molar-refractivity contribution in [3.63, 3.8) is 0 Å². The molecule has 1 aliphatic rings. The van der Waals surface area contributed by atoms with Gasteiger partial charge >= 0.3 is 6.09 Å². The highest BCUT2D eigenvalue weighted by atomic mass is 16.7. The summed E-state index contributed by atoms with van der Waals surface area (Å²) in [6.07, 6.45) is 2.33. The Hall–Kier alpha value is -2.63. The summed E-state index contributed by atoms with van der Waals surface area (Å²) in [7, 11) is 0. The van der Waals surface area contributed by atoms with Gasteiger partial charge < -0.3 is 21.3 Å². The molecule has 0 heterocycles. The summed E-state index contributed by atoms with van der Waals surface area (Å²) in [4.78, 5) is 40.5. The topological polar surface area (TPSA) is 186 Å². The predicted molar refractivity (Wildman–Crippen MR) is 110 cm³/mol. The lowest BCUT2D eigenvalue weighted by Gasteiger charge is -2.36. The van der Waals surface area contributed by atoms with E-state index < -0.39 is 28.7 Å². The smallest absolute Gasteiger partial charge is 0.410 e. The van der Waals surface area contributed by atoms with Crippen molar-refractivity contribution in [3.05, 3.63) is 10.1 Å². The fourth-order valence-corrected chi connectivity index (χ4v) is 3.32. The van der Waals surface area contributed by atoms with Gasteiger partial charge in [0.1, 0.15) is 11.6 Å². The molecule has 1 aliphatic carbocycles. The molecule has 2 amide bonds. The molecule has 12 heteroatoms. The number of aliphatic imine (C=N–C) groups is 1. The molecule has 0 radical (unpaired) electrons. The van der Waals surface area contributed by atoms with Crippen molar-refractivity contribution in [2.24, 2.45) is 22.4 Å². The molecule has 0 bridgehead atoms. The maximum Gasteiger partial charge on any atom is 0.410 e. The SMILES string of the molecule is CC(C)(C)OC(=O)N(CC1CCC(O)CC1)[C@H](CCCN=C(N)N[N+](=O)[O-])C(N)=O. The molecule has 0 aromatic carbocycles. The maximum atomic E-state index is 12.8. The largest absolute Gasteiger partial charge is 0.444 e. The number of nitrogens with one attached hydrogen (secondary N) is 1. The number of carbonyl (C=O) groups is 2. The van der Waals surface area contributed by atoms with Crippen LogP contribution in [0.3, 0.4) is 0 Å². The van der Waals surface area contributed by atoms with Crippen molar-refractivity contribution in [2.45, 2.75) is 77.0 Å². The van der Waals surface area contributed by atoms with Crippen LogP contribution in [0.25, 0.3) is 0 Å². The van der Waals surface area contributed by atoms with E-state index in [1.807, 2.05) is 0 Å². The predicted octanol–water partition coefficient (Wildman–Crippen LogP) is 0.505. The van der Waals surface area contributed by atoms with Crippen molar-refractivity contribution in [1.29, 1.82) is 0 Å². The van der Waals surface area contributed by atoms with E-state index in [2.05, 4.69) is 4.99 Å². The molecule has 1 rings (SSSR count). The van der Waals surface area contributed by atoms with Crippen LogP contribution in [0.2, 0.25) is 0 Å². The number of ether oxygens (including phenoxy) is 1. The molecule has 6 N–H and O–H groups in total. The Balaban J connectivity index is 2.85. The van der Waals surface area contributed by atoms with Crippen molar-refractivity contribution >= 4 is 18.0 Å². The first-order valence-corrected chi connectivity index (χ1v) is 10.1. The summed E-state index contributed by atoms with van der Waals surface area (Å²) in [6.45, 7) is 5.62. The van der Waals surface area contributed by atoms with E-state index in [0.29, 0.717) is 25.8 Å². The summed E-state index contributed by atoms with van der Waals surface area (Å²) in [5, 5.41) is 19.2.